The molecule has 0 heterocycles. The lowest BCUT2D eigenvalue weighted by molar-refractivity contribution is -0.139. The fraction of sp³-hybridized carbons (Fsp3) is 0.550. The summed E-state index contributed by atoms with van der Waals surface area (Å²) in [5.74, 6) is -1.15. The molecule has 2 amide bonds. The number of carbonyl (C=O) groups is 3. The summed E-state index contributed by atoms with van der Waals surface area (Å²) < 4.78 is 10.3. The molecule has 0 aliphatic rings. The Morgan fingerprint density at radius 2 is 1.36 bits per heavy atom. The van der Waals surface area contributed by atoms with Crippen molar-refractivity contribution in [2.75, 3.05) is 0 Å². The molecule has 1 aromatic rings. The van der Waals surface area contributed by atoms with Gasteiger partial charge >= 0.3 is 18.2 Å². The average molecular weight is 394 g/mol. The second-order valence-corrected chi connectivity index (χ2v) is 8.41. The van der Waals surface area contributed by atoms with E-state index in [-0.39, 0.29) is 13.0 Å². The van der Waals surface area contributed by atoms with Gasteiger partial charge in [-0.15, -0.1) is 0 Å². The standard InChI is InChI=1S/C20H30N2O6/c1-19(2,3)27-17(25)21-12-14-9-7-13(8-10-14)11-15(16(23)24)22-18(26)28-20(4,5)6/h7-10,15H,11-12H2,1-6H3,(H,21,25)(H,22,26)(H,23,24)/t15-/m1/s1. The number of amides is 2. The van der Waals surface area contributed by atoms with E-state index in [1.165, 1.54) is 0 Å². The number of aliphatic carboxylic acids is 1. The number of carboxylic acid groups (broad SMARTS) is 1. The number of rotatable bonds is 6. The van der Waals surface area contributed by atoms with Crippen LogP contribution in [0.4, 0.5) is 9.59 Å². The predicted octanol–water partition coefficient (Wildman–Crippen LogP) is 3.23. The number of carbonyl (C=O) groups excluding carboxylic acids is 2. The van der Waals surface area contributed by atoms with Gasteiger partial charge in [-0.1, -0.05) is 24.3 Å². The van der Waals surface area contributed by atoms with E-state index in [1.807, 2.05) is 0 Å². The normalized spacial score (nSPS) is 12.6. The van der Waals surface area contributed by atoms with Crippen LogP contribution in [-0.4, -0.2) is 40.5 Å². The highest BCUT2D eigenvalue weighted by Gasteiger charge is 2.24. The largest absolute Gasteiger partial charge is 0.480 e. The lowest BCUT2D eigenvalue weighted by atomic mass is 10.0. The third kappa shape index (κ3) is 9.80. The number of carboxylic acids is 1. The zero-order valence-electron chi connectivity index (χ0n) is 17.3. The van der Waals surface area contributed by atoms with Crippen molar-refractivity contribution < 1.29 is 29.0 Å². The van der Waals surface area contributed by atoms with Crippen LogP contribution in [0.5, 0.6) is 0 Å². The molecular weight excluding hydrogens is 364 g/mol. The molecule has 0 fully saturated rings. The van der Waals surface area contributed by atoms with Crippen LogP contribution in [0.2, 0.25) is 0 Å². The molecule has 0 spiro atoms. The topological polar surface area (TPSA) is 114 Å². The molecule has 8 nitrogen and oxygen atoms in total. The first kappa shape index (κ1) is 23.3. The summed E-state index contributed by atoms with van der Waals surface area (Å²) in [7, 11) is 0. The minimum absolute atomic E-state index is 0.106. The van der Waals surface area contributed by atoms with E-state index in [0.29, 0.717) is 0 Å². The Kier molecular flexibility index (Phi) is 7.84. The lowest BCUT2D eigenvalue weighted by Crippen LogP contribution is -2.44. The van der Waals surface area contributed by atoms with Crippen molar-refractivity contribution in [1.82, 2.24) is 10.6 Å². The summed E-state index contributed by atoms with van der Waals surface area (Å²) in [6, 6.07) is 5.94. The minimum atomic E-state index is -1.15. The Morgan fingerprint density at radius 1 is 0.893 bits per heavy atom. The highest BCUT2D eigenvalue weighted by Crippen LogP contribution is 2.11. The number of ether oxygens (including phenoxy) is 2. The summed E-state index contributed by atoms with van der Waals surface area (Å²) >= 11 is 0. The second kappa shape index (κ2) is 9.43. The van der Waals surface area contributed by atoms with E-state index < -0.39 is 35.4 Å². The van der Waals surface area contributed by atoms with Crippen LogP contribution >= 0.6 is 0 Å². The fourth-order valence-electron chi connectivity index (χ4n) is 2.17. The van der Waals surface area contributed by atoms with Crippen LogP contribution in [0.3, 0.4) is 0 Å². The molecule has 1 rings (SSSR count). The summed E-state index contributed by atoms with van der Waals surface area (Å²) in [4.78, 5) is 34.9. The molecule has 1 atom stereocenters. The average Bonchev–Trinajstić information content (AvgIpc) is 2.50. The number of nitrogens with one attached hydrogen (secondary N) is 2. The van der Waals surface area contributed by atoms with Crippen LogP contribution in [0.25, 0.3) is 0 Å². The van der Waals surface area contributed by atoms with Gasteiger partial charge in [-0.3, -0.25) is 0 Å². The highest BCUT2D eigenvalue weighted by molar-refractivity contribution is 5.80. The van der Waals surface area contributed by atoms with Crippen molar-refractivity contribution in [1.29, 1.82) is 0 Å². The molecule has 0 saturated heterocycles. The molecule has 1 aromatic carbocycles. The smallest absolute Gasteiger partial charge is 0.408 e. The predicted molar refractivity (Wildman–Crippen MR) is 104 cm³/mol. The molecule has 0 unspecified atom stereocenters. The number of benzene rings is 1. The third-order valence-electron chi connectivity index (χ3n) is 3.29. The lowest BCUT2D eigenvalue weighted by Gasteiger charge is -2.22. The fourth-order valence-corrected chi connectivity index (χ4v) is 2.17. The Labute approximate surface area is 165 Å². The van der Waals surface area contributed by atoms with Crippen molar-refractivity contribution in [3.63, 3.8) is 0 Å². The van der Waals surface area contributed by atoms with Gasteiger partial charge in [-0.2, -0.15) is 0 Å². The molecule has 0 aromatic heterocycles. The van der Waals surface area contributed by atoms with Crippen LogP contribution in [0, 0.1) is 0 Å². The van der Waals surface area contributed by atoms with Crippen LogP contribution in [0.1, 0.15) is 52.7 Å². The number of hydrogen-bond donors (Lipinski definition) is 3. The molecular formula is C20H30N2O6. The van der Waals surface area contributed by atoms with Gasteiger partial charge in [0, 0.05) is 13.0 Å². The molecule has 28 heavy (non-hydrogen) atoms. The van der Waals surface area contributed by atoms with E-state index in [0.717, 1.165) is 11.1 Å². The quantitative estimate of drug-likeness (QED) is 0.682. The molecule has 0 saturated carbocycles. The van der Waals surface area contributed by atoms with Crippen LogP contribution in [0.15, 0.2) is 24.3 Å². The van der Waals surface area contributed by atoms with Gasteiger partial charge in [0.1, 0.15) is 17.2 Å². The molecule has 0 aliphatic carbocycles. The van der Waals surface area contributed by atoms with Crippen molar-refractivity contribution in [3.05, 3.63) is 35.4 Å². The summed E-state index contributed by atoms with van der Waals surface area (Å²) in [5, 5.41) is 14.4. The molecule has 156 valence electrons. The van der Waals surface area contributed by atoms with E-state index in [1.54, 1.807) is 65.8 Å². The van der Waals surface area contributed by atoms with Crippen molar-refractivity contribution in [2.45, 2.75) is 71.8 Å². The summed E-state index contributed by atoms with van der Waals surface area (Å²) in [6.45, 7) is 10.7. The maximum Gasteiger partial charge on any atom is 0.408 e. The van der Waals surface area contributed by atoms with Gasteiger partial charge in [0.2, 0.25) is 0 Å². The maximum atomic E-state index is 11.8. The van der Waals surface area contributed by atoms with Gasteiger partial charge in [-0.25, -0.2) is 14.4 Å². The summed E-state index contributed by atoms with van der Waals surface area (Å²) in [6.07, 6.45) is -1.18. The van der Waals surface area contributed by atoms with Crippen LogP contribution < -0.4 is 10.6 Å². The number of alkyl carbamates (subject to hydrolysis) is 2. The Morgan fingerprint density at radius 3 is 1.82 bits per heavy atom. The zero-order chi connectivity index (χ0) is 21.5. The highest BCUT2D eigenvalue weighted by atomic mass is 16.6. The number of hydrogen-bond acceptors (Lipinski definition) is 5. The van der Waals surface area contributed by atoms with Crippen molar-refractivity contribution in [3.8, 4) is 0 Å². The Hall–Kier alpha value is -2.77. The van der Waals surface area contributed by atoms with Gasteiger partial charge in [-0.05, 0) is 52.7 Å². The molecule has 0 bridgehead atoms. The Balaban J connectivity index is 2.62. The second-order valence-electron chi connectivity index (χ2n) is 8.41. The van der Waals surface area contributed by atoms with Crippen molar-refractivity contribution >= 4 is 18.2 Å². The zero-order valence-corrected chi connectivity index (χ0v) is 17.3. The van der Waals surface area contributed by atoms with E-state index >= 15 is 0 Å². The van der Waals surface area contributed by atoms with Gasteiger partial charge in [0.15, 0.2) is 0 Å². The molecule has 8 heteroatoms. The minimum Gasteiger partial charge on any atom is -0.480 e. The molecule has 0 radical (unpaired) electrons. The first-order valence-corrected chi connectivity index (χ1v) is 9.02. The van der Waals surface area contributed by atoms with Gasteiger partial charge in [0.05, 0.1) is 0 Å². The Bertz CT molecular complexity index is 686. The molecule has 0 aliphatic heterocycles. The van der Waals surface area contributed by atoms with Gasteiger partial charge < -0.3 is 25.2 Å². The SMILES string of the molecule is CC(C)(C)OC(=O)NCc1ccc(C[C@@H](NC(=O)OC(C)(C)C)C(=O)O)cc1. The monoisotopic (exact) mass is 394 g/mol. The van der Waals surface area contributed by atoms with Gasteiger partial charge in [0.25, 0.3) is 0 Å². The van der Waals surface area contributed by atoms with Crippen LogP contribution in [-0.2, 0) is 27.2 Å². The first-order valence-electron chi connectivity index (χ1n) is 9.02. The first-order chi connectivity index (χ1) is 12.7. The third-order valence-corrected chi connectivity index (χ3v) is 3.29. The van der Waals surface area contributed by atoms with E-state index in [2.05, 4.69) is 10.6 Å². The molecule has 3 N–H and O–H groups in total. The van der Waals surface area contributed by atoms with Crippen molar-refractivity contribution in [2.24, 2.45) is 0 Å². The maximum absolute atomic E-state index is 11.8. The van der Waals surface area contributed by atoms with E-state index in [9.17, 15) is 19.5 Å². The van der Waals surface area contributed by atoms with E-state index in [4.69, 9.17) is 9.47 Å². The summed E-state index contributed by atoms with van der Waals surface area (Å²) in [5.41, 5.74) is 0.280.